The predicted molar refractivity (Wildman–Crippen MR) is 84.5 cm³/mol. The van der Waals surface area contributed by atoms with Gasteiger partial charge in [0.2, 0.25) is 0 Å². The molecule has 4 nitrogen and oxygen atoms in total. The highest BCUT2D eigenvalue weighted by Gasteiger charge is 2.32. The minimum absolute atomic E-state index is 0.0526. The summed E-state index contributed by atoms with van der Waals surface area (Å²) in [5, 5.41) is 0.537. The fraction of sp³-hybridized carbons (Fsp3) is 0.562. The number of likely N-dealkylation sites (tertiary alicyclic amines) is 2. The number of nitrogens with zero attached hydrogens (tertiary/aromatic N) is 2. The summed E-state index contributed by atoms with van der Waals surface area (Å²) in [5.41, 5.74) is 6.57. The van der Waals surface area contributed by atoms with Crippen molar-refractivity contribution in [2.45, 2.75) is 31.3 Å². The normalized spacial score (nSPS) is 24.5. The van der Waals surface area contributed by atoms with Crippen LogP contribution in [-0.4, -0.2) is 54.0 Å². The van der Waals surface area contributed by atoms with E-state index in [1.165, 1.54) is 0 Å². The summed E-state index contributed by atoms with van der Waals surface area (Å²) in [4.78, 5) is 17.0. The predicted octanol–water partition coefficient (Wildman–Crippen LogP) is 1.98. The van der Waals surface area contributed by atoms with Gasteiger partial charge in [-0.3, -0.25) is 9.69 Å². The van der Waals surface area contributed by atoms with Crippen molar-refractivity contribution in [3.63, 3.8) is 0 Å². The molecule has 1 aromatic rings. The average molecular weight is 308 g/mol. The molecule has 0 aromatic heterocycles. The Labute approximate surface area is 130 Å². The summed E-state index contributed by atoms with van der Waals surface area (Å²) in [6, 6.07) is 8.11. The van der Waals surface area contributed by atoms with Crippen LogP contribution in [0, 0.1) is 0 Å². The highest BCUT2D eigenvalue weighted by molar-refractivity contribution is 6.33. The number of halogens is 1. The maximum absolute atomic E-state index is 12.6. The Morgan fingerprint density at radius 2 is 1.86 bits per heavy atom. The molecule has 114 valence electrons. The van der Waals surface area contributed by atoms with Crippen LogP contribution in [0.15, 0.2) is 24.3 Å². The van der Waals surface area contributed by atoms with Crippen molar-refractivity contribution in [1.29, 1.82) is 0 Å². The molecule has 2 N–H and O–H groups in total. The van der Waals surface area contributed by atoms with Crippen LogP contribution in [0.1, 0.15) is 29.6 Å². The second kappa shape index (κ2) is 6.34. The first-order valence-corrected chi connectivity index (χ1v) is 8.06. The van der Waals surface area contributed by atoms with Crippen LogP contribution >= 0.6 is 11.6 Å². The Morgan fingerprint density at radius 1 is 1.14 bits per heavy atom. The molecule has 0 spiro atoms. The lowest BCUT2D eigenvalue weighted by atomic mass is 10.0. The summed E-state index contributed by atoms with van der Waals surface area (Å²) in [7, 11) is 0. The smallest absolute Gasteiger partial charge is 0.255 e. The molecule has 1 aromatic carbocycles. The molecule has 3 rings (SSSR count). The van der Waals surface area contributed by atoms with E-state index in [1.54, 1.807) is 12.1 Å². The lowest BCUT2D eigenvalue weighted by Crippen LogP contribution is -2.46. The van der Waals surface area contributed by atoms with Gasteiger partial charge in [0.25, 0.3) is 5.91 Å². The molecule has 2 aliphatic rings. The van der Waals surface area contributed by atoms with Gasteiger partial charge in [0.1, 0.15) is 0 Å². The average Bonchev–Trinajstić information content (AvgIpc) is 2.98. The Bertz CT molecular complexity index is 514. The fourth-order valence-electron chi connectivity index (χ4n) is 3.31. The van der Waals surface area contributed by atoms with E-state index in [1.807, 2.05) is 17.0 Å². The van der Waals surface area contributed by atoms with Crippen LogP contribution in [0.3, 0.4) is 0 Å². The van der Waals surface area contributed by atoms with E-state index in [2.05, 4.69) is 4.90 Å². The molecule has 21 heavy (non-hydrogen) atoms. The lowest BCUT2D eigenvalue weighted by molar-refractivity contribution is 0.0769. The molecule has 2 aliphatic heterocycles. The van der Waals surface area contributed by atoms with Gasteiger partial charge >= 0.3 is 0 Å². The van der Waals surface area contributed by atoms with Crippen molar-refractivity contribution < 1.29 is 4.79 Å². The Balaban J connectivity index is 1.62. The molecule has 2 fully saturated rings. The number of carbonyl (C=O) groups is 1. The van der Waals surface area contributed by atoms with E-state index in [0.29, 0.717) is 22.7 Å². The number of nitrogens with two attached hydrogens (primary N) is 1. The summed E-state index contributed by atoms with van der Waals surface area (Å²) < 4.78 is 0. The first-order chi connectivity index (χ1) is 10.1. The Kier molecular flexibility index (Phi) is 4.48. The number of benzene rings is 1. The van der Waals surface area contributed by atoms with E-state index in [-0.39, 0.29) is 5.91 Å². The highest BCUT2D eigenvalue weighted by atomic mass is 35.5. The molecular weight excluding hydrogens is 286 g/mol. The number of hydrogen-bond acceptors (Lipinski definition) is 3. The van der Waals surface area contributed by atoms with Crippen molar-refractivity contribution >= 4 is 17.5 Å². The van der Waals surface area contributed by atoms with Gasteiger partial charge in [-0.1, -0.05) is 23.7 Å². The molecule has 1 amide bonds. The van der Waals surface area contributed by atoms with Crippen molar-refractivity contribution in [1.82, 2.24) is 9.80 Å². The standard InChI is InChI=1S/C16H22ClN3O/c17-15-4-2-1-3-14(15)16(21)20-10-7-13(11-20)19-8-5-12(18)6-9-19/h1-4,12-13H,5-11,18H2. The van der Waals surface area contributed by atoms with Gasteiger partial charge in [-0.25, -0.2) is 0 Å². The third-order valence-electron chi connectivity index (χ3n) is 4.65. The van der Waals surface area contributed by atoms with Crippen molar-refractivity contribution in [3.05, 3.63) is 34.9 Å². The quantitative estimate of drug-likeness (QED) is 0.909. The van der Waals surface area contributed by atoms with E-state index >= 15 is 0 Å². The van der Waals surface area contributed by atoms with Crippen LogP contribution in [0.25, 0.3) is 0 Å². The molecule has 1 atom stereocenters. The van der Waals surface area contributed by atoms with Crippen LogP contribution in [0.2, 0.25) is 5.02 Å². The summed E-state index contributed by atoms with van der Waals surface area (Å²) >= 11 is 6.13. The summed E-state index contributed by atoms with van der Waals surface area (Å²) in [6.07, 6.45) is 3.18. The zero-order valence-corrected chi connectivity index (χ0v) is 12.9. The monoisotopic (exact) mass is 307 g/mol. The van der Waals surface area contributed by atoms with Crippen molar-refractivity contribution in [2.75, 3.05) is 26.2 Å². The topological polar surface area (TPSA) is 49.6 Å². The molecular formula is C16H22ClN3O. The second-order valence-corrected chi connectivity index (χ2v) is 6.45. The van der Waals surface area contributed by atoms with E-state index in [9.17, 15) is 4.79 Å². The molecule has 0 saturated carbocycles. The fourth-order valence-corrected chi connectivity index (χ4v) is 3.53. The van der Waals surface area contributed by atoms with Gasteiger partial charge < -0.3 is 10.6 Å². The van der Waals surface area contributed by atoms with Crippen molar-refractivity contribution in [2.24, 2.45) is 5.73 Å². The van der Waals surface area contributed by atoms with Crippen LogP contribution in [0.4, 0.5) is 0 Å². The number of hydrogen-bond donors (Lipinski definition) is 1. The zero-order valence-electron chi connectivity index (χ0n) is 12.2. The molecule has 0 radical (unpaired) electrons. The molecule has 5 heteroatoms. The zero-order chi connectivity index (χ0) is 14.8. The van der Waals surface area contributed by atoms with Crippen molar-refractivity contribution in [3.8, 4) is 0 Å². The second-order valence-electron chi connectivity index (χ2n) is 6.05. The minimum Gasteiger partial charge on any atom is -0.337 e. The molecule has 2 saturated heterocycles. The highest BCUT2D eigenvalue weighted by Crippen LogP contribution is 2.23. The van der Waals surface area contributed by atoms with E-state index < -0.39 is 0 Å². The number of rotatable bonds is 2. The summed E-state index contributed by atoms with van der Waals surface area (Å²) in [6.45, 7) is 3.73. The maximum atomic E-state index is 12.6. The van der Waals surface area contributed by atoms with Gasteiger partial charge in [-0.15, -0.1) is 0 Å². The van der Waals surface area contributed by atoms with Gasteiger partial charge in [-0.05, 0) is 44.5 Å². The molecule has 0 aliphatic carbocycles. The Morgan fingerprint density at radius 3 is 2.57 bits per heavy atom. The number of piperidine rings is 1. The molecule has 2 heterocycles. The Hall–Kier alpha value is -1.10. The van der Waals surface area contributed by atoms with E-state index in [4.69, 9.17) is 17.3 Å². The van der Waals surface area contributed by atoms with Gasteiger partial charge in [0.15, 0.2) is 0 Å². The lowest BCUT2D eigenvalue weighted by Gasteiger charge is -2.34. The first kappa shape index (κ1) is 14.8. The van der Waals surface area contributed by atoms with Crippen LogP contribution in [0.5, 0.6) is 0 Å². The van der Waals surface area contributed by atoms with Gasteiger partial charge in [0, 0.05) is 25.2 Å². The number of carbonyl (C=O) groups excluding carboxylic acids is 1. The third kappa shape index (κ3) is 3.23. The number of amides is 1. The minimum atomic E-state index is 0.0526. The molecule has 1 unspecified atom stereocenters. The summed E-state index contributed by atoms with van der Waals surface area (Å²) in [5.74, 6) is 0.0526. The van der Waals surface area contributed by atoms with Crippen LogP contribution < -0.4 is 5.73 Å². The maximum Gasteiger partial charge on any atom is 0.255 e. The van der Waals surface area contributed by atoms with Gasteiger partial charge in [-0.2, -0.15) is 0 Å². The van der Waals surface area contributed by atoms with Gasteiger partial charge in [0.05, 0.1) is 10.6 Å². The first-order valence-electron chi connectivity index (χ1n) is 7.68. The largest absolute Gasteiger partial charge is 0.337 e. The van der Waals surface area contributed by atoms with Crippen LogP contribution in [-0.2, 0) is 0 Å². The third-order valence-corrected chi connectivity index (χ3v) is 4.98. The molecule has 0 bridgehead atoms. The van der Waals surface area contributed by atoms with E-state index in [0.717, 1.165) is 45.4 Å². The SMILES string of the molecule is NC1CCN(C2CCN(C(=O)c3ccccc3Cl)C2)CC1.